The van der Waals surface area contributed by atoms with Crippen LogP contribution in [-0.4, -0.2) is 33.2 Å². The second-order valence-electron chi connectivity index (χ2n) is 5.03. The number of rotatable bonds is 3. The third-order valence-electron chi connectivity index (χ3n) is 3.08. The van der Waals surface area contributed by atoms with Crippen LogP contribution in [0.2, 0.25) is 0 Å². The Bertz CT molecular complexity index is 348. The van der Waals surface area contributed by atoms with Crippen molar-refractivity contribution in [3.8, 4) is 0 Å². The van der Waals surface area contributed by atoms with E-state index in [-0.39, 0.29) is 5.60 Å². The van der Waals surface area contributed by atoms with Gasteiger partial charge in [0.2, 0.25) is 0 Å². The molecule has 0 saturated carbocycles. The maximum absolute atomic E-state index is 5.69. The van der Waals surface area contributed by atoms with Gasteiger partial charge >= 0.3 is 0 Å². The molecule has 1 aliphatic rings. The lowest BCUT2D eigenvalue weighted by molar-refractivity contribution is -0.0631. The highest BCUT2D eigenvalue weighted by atomic mass is 16.5. The lowest BCUT2D eigenvalue weighted by atomic mass is 9.94. The summed E-state index contributed by atoms with van der Waals surface area (Å²) >= 11 is 0. The smallest absolute Gasteiger partial charge is 0.0738 e. The number of nitrogens with one attached hydrogen (secondary N) is 1. The van der Waals surface area contributed by atoms with Crippen molar-refractivity contribution in [1.82, 2.24) is 20.3 Å². The first-order valence-electron chi connectivity index (χ1n) is 5.78. The summed E-state index contributed by atoms with van der Waals surface area (Å²) < 4.78 is 7.49. The Kier molecular flexibility index (Phi) is 3.25. The van der Waals surface area contributed by atoms with Crippen LogP contribution in [0.1, 0.15) is 32.4 Å². The third-order valence-corrected chi connectivity index (χ3v) is 3.08. The number of aryl methyl sites for hydroxylation is 1. The fourth-order valence-corrected chi connectivity index (χ4v) is 2.13. The first kappa shape index (κ1) is 11.5. The van der Waals surface area contributed by atoms with Crippen molar-refractivity contribution in [2.24, 2.45) is 7.05 Å². The summed E-state index contributed by atoms with van der Waals surface area (Å²) in [6, 6.07) is 0.527. The number of nitrogens with zero attached hydrogens (tertiary/aromatic N) is 3. The predicted molar refractivity (Wildman–Crippen MR) is 60.9 cm³/mol. The van der Waals surface area contributed by atoms with Gasteiger partial charge in [0.15, 0.2) is 0 Å². The summed E-state index contributed by atoms with van der Waals surface area (Å²) in [5.41, 5.74) is 1.12. The van der Waals surface area contributed by atoms with Gasteiger partial charge in [-0.25, -0.2) is 0 Å². The second kappa shape index (κ2) is 4.51. The standard InChI is InChI=1S/C11H20N4O/c1-11(2)6-9(4-5-16-11)12-7-10-8-13-14-15(10)3/h8-9,12H,4-7H2,1-3H3. The Morgan fingerprint density at radius 2 is 2.44 bits per heavy atom. The van der Waals surface area contributed by atoms with Gasteiger partial charge in [0.05, 0.1) is 17.5 Å². The molecule has 1 unspecified atom stereocenters. The van der Waals surface area contributed by atoms with E-state index < -0.39 is 0 Å². The van der Waals surface area contributed by atoms with Crippen LogP contribution < -0.4 is 5.32 Å². The van der Waals surface area contributed by atoms with E-state index in [0.29, 0.717) is 6.04 Å². The van der Waals surface area contributed by atoms with Crippen LogP contribution in [0.5, 0.6) is 0 Å². The number of ether oxygens (including phenoxy) is 1. The van der Waals surface area contributed by atoms with Crippen LogP contribution in [0.4, 0.5) is 0 Å². The summed E-state index contributed by atoms with van der Waals surface area (Å²) in [6.07, 6.45) is 3.93. The Morgan fingerprint density at radius 1 is 1.62 bits per heavy atom. The molecule has 5 nitrogen and oxygen atoms in total. The van der Waals surface area contributed by atoms with Crippen molar-refractivity contribution in [2.45, 2.75) is 44.9 Å². The predicted octanol–water partition coefficient (Wildman–Crippen LogP) is 0.862. The fraction of sp³-hybridized carbons (Fsp3) is 0.818. The molecule has 16 heavy (non-hydrogen) atoms. The quantitative estimate of drug-likeness (QED) is 0.827. The van der Waals surface area contributed by atoms with Gasteiger partial charge in [-0.3, -0.25) is 4.68 Å². The maximum atomic E-state index is 5.69. The van der Waals surface area contributed by atoms with E-state index in [4.69, 9.17) is 4.74 Å². The van der Waals surface area contributed by atoms with E-state index in [2.05, 4.69) is 29.5 Å². The van der Waals surface area contributed by atoms with Gasteiger partial charge in [-0.2, -0.15) is 0 Å². The van der Waals surface area contributed by atoms with Crippen LogP contribution in [0.25, 0.3) is 0 Å². The van der Waals surface area contributed by atoms with E-state index in [0.717, 1.165) is 31.7 Å². The summed E-state index contributed by atoms with van der Waals surface area (Å²) in [7, 11) is 1.91. The number of hydrogen-bond donors (Lipinski definition) is 1. The molecule has 1 aliphatic heterocycles. The average molecular weight is 224 g/mol. The molecule has 1 fully saturated rings. The third kappa shape index (κ3) is 2.80. The summed E-state index contributed by atoms with van der Waals surface area (Å²) in [5, 5.41) is 11.3. The van der Waals surface area contributed by atoms with Crippen LogP contribution in [0.15, 0.2) is 6.20 Å². The lowest BCUT2D eigenvalue weighted by Gasteiger charge is -2.35. The zero-order chi connectivity index (χ0) is 11.6. The van der Waals surface area contributed by atoms with E-state index in [1.165, 1.54) is 0 Å². The molecule has 0 amide bonds. The zero-order valence-electron chi connectivity index (χ0n) is 10.2. The first-order chi connectivity index (χ1) is 7.57. The van der Waals surface area contributed by atoms with Crippen molar-refractivity contribution in [1.29, 1.82) is 0 Å². The molecule has 0 aliphatic carbocycles. The van der Waals surface area contributed by atoms with Crippen molar-refractivity contribution >= 4 is 0 Å². The van der Waals surface area contributed by atoms with Crippen molar-refractivity contribution in [2.75, 3.05) is 6.61 Å². The molecule has 2 rings (SSSR count). The minimum atomic E-state index is 0.000620. The molecule has 0 radical (unpaired) electrons. The maximum Gasteiger partial charge on any atom is 0.0738 e. The van der Waals surface area contributed by atoms with Crippen molar-refractivity contribution in [3.63, 3.8) is 0 Å². The summed E-state index contributed by atoms with van der Waals surface area (Å²) in [4.78, 5) is 0. The molecule has 1 N–H and O–H groups in total. The normalized spacial score (nSPS) is 24.6. The summed E-state index contributed by atoms with van der Waals surface area (Å²) in [6.45, 7) is 5.96. The highest BCUT2D eigenvalue weighted by molar-refractivity contribution is 4.94. The first-order valence-corrected chi connectivity index (χ1v) is 5.78. The van der Waals surface area contributed by atoms with Crippen LogP contribution in [0, 0.1) is 0 Å². The van der Waals surface area contributed by atoms with Gasteiger partial charge in [0.25, 0.3) is 0 Å². The SMILES string of the molecule is Cn1nncc1CNC1CCOC(C)(C)C1. The van der Waals surface area contributed by atoms with Crippen LogP contribution in [-0.2, 0) is 18.3 Å². The molecule has 90 valence electrons. The van der Waals surface area contributed by atoms with Crippen molar-refractivity contribution in [3.05, 3.63) is 11.9 Å². The Morgan fingerprint density at radius 3 is 3.06 bits per heavy atom. The van der Waals surface area contributed by atoms with Gasteiger partial charge in [-0.15, -0.1) is 5.10 Å². The molecule has 1 atom stereocenters. The highest BCUT2D eigenvalue weighted by Crippen LogP contribution is 2.23. The molecule has 5 heteroatoms. The van der Waals surface area contributed by atoms with E-state index in [1.807, 2.05) is 7.05 Å². The Hall–Kier alpha value is -0.940. The molecular formula is C11H20N4O. The molecule has 1 saturated heterocycles. The van der Waals surface area contributed by atoms with Crippen LogP contribution in [0.3, 0.4) is 0 Å². The van der Waals surface area contributed by atoms with Crippen molar-refractivity contribution < 1.29 is 4.74 Å². The van der Waals surface area contributed by atoms with Gasteiger partial charge in [0.1, 0.15) is 0 Å². The molecule has 1 aromatic rings. The van der Waals surface area contributed by atoms with Gasteiger partial charge < -0.3 is 10.1 Å². The molecule has 2 heterocycles. The van der Waals surface area contributed by atoms with Gasteiger partial charge in [0, 0.05) is 26.2 Å². The fourth-order valence-electron chi connectivity index (χ4n) is 2.13. The molecule has 0 aromatic carbocycles. The second-order valence-corrected chi connectivity index (χ2v) is 5.03. The molecule has 0 bridgehead atoms. The van der Waals surface area contributed by atoms with Gasteiger partial charge in [-0.1, -0.05) is 5.21 Å². The minimum Gasteiger partial charge on any atom is -0.375 e. The monoisotopic (exact) mass is 224 g/mol. The van der Waals surface area contributed by atoms with E-state index >= 15 is 0 Å². The molecular weight excluding hydrogens is 204 g/mol. The lowest BCUT2D eigenvalue weighted by Crippen LogP contribution is -2.43. The Labute approximate surface area is 96.2 Å². The molecule has 1 aromatic heterocycles. The summed E-state index contributed by atoms with van der Waals surface area (Å²) in [5.74, 6) is 0. The van der Waals surface area contributed by atoms with Crippen LogP contribution >= 0.6 is 0 Å². The topological polar surface area (TPSA) is 52.0 Å². The Balaban J connectivity index is 1.84. The highest BCUT2D eigenvalue weighted by Gasteiger charge is 2.28. The largest absolute Gasteiger partial charge is 0.375 e. The number of aromatic nitrogens is 3. The minimum absolute atomic E-state index is 0.000620. The van der Waals surface area contributed by atoms with Gasteiger partial charge in [-0.05, 0) is 26.7 Å². The molecule has 0 spiro atoms. The number of hydrogen-bond acceptors (Lipinski definition) is 4. The average Bonchev–Trinajstić information content (AvgIpc) is 2.60. The van der Waals surface area contributed by atoms with E-state index in [9.17, 15) is 0 Å². The zero-order valence-corrected chi connectivity index (χ0v) is 10.2. The van der Waals surface area contributed by atoms with E-state index in [1.54, 1.807) is 10.9 Å².